The predicted octanol–water partition coefficient (Wildman–Crippen LogP) is 1.39. The van der Waals surface area contributed by atoms with Crippen molar-refractivity contribution in [2.24, 2.45) is 16.8 Å². The Balaban J connectivity index is 2.66. The molecule has 1 rings (SSSR count). The van der Waals surface area contributed by atoms with Crippen LogP contribution in [0.1, 0.15) is 32.4 Å². The van der Waals surface area contributed by atoms with Gasteiger partial charge in [0.2, 0.25) is 0 Å². The molecule has 0 atom stereocenters. The Hall–Kier alpha value is -1.85. The van der Waals surface area contributed by atoms with Crippen LogP contribution in [0.5, 0.6) is 6.01 Å². The zero-order chi connectivity index (χ0) is 12.7. The van der Waals surface area contributed by atoms with Gasteiger partial charge in [0.25, 0.3) is 0 Å². The Morgan fingerprint density at radius 1 is 1.53 bits per heavy atom. The second-order valence-electron chi connectivity index (χ2n) is 3.70. The largest absolute Gasteiger partial charge is 0.463 e. The van der Waals surface area contributed by atoms with Crippen molar-refractivity contribution in [1.29, 1.82) is 0 Å². The number of rotatable bonds is 6. The third kappa shape index (κ3) is 3.90. The molecule has 0 amide bonds. The molecule has 0 aliphatic carbocycles. The second kappa shape index (κ2) is 6.67. The number of aromatic nitrogens is 2. The van der Waals surface area contributed by atoms with Gasteiger partial charge in [-0.25, -0.2) is 4.98 Å². The molecular weight excluding hydrogens is 220 g/mol. The maximum absolute atomic E-state index is 8.54. The van der Waals surface area contributed by atoms with Crippen LogP contribution < -0.4 is 10.5 Å². The molecule has 17 heavy (non-hydrogen) atoms. The molecule has 0 unspecified atom stereocenters. The summed E-state index contributed by atoms with van der Waals surface area (Å²) in [5.74, 6) is 0.436. The lowest BCUT2D eigenvalue weighted by atomic mass is 10.1. The van der Waals surface area contributed by atoms with E-state index < -0.39 is 0 Å². The van der Waals surface area contributed by atoms with Gasteiger partial charge in [-0.3, -0.25) is 0 Å². The highest BCUT2D eigenvalue weighted by Gasteiger charge is 2.08. The van der Waals surface area contributed by atoms with Crippen LogP contribution in [0.2, 0.25) is 0 Å². The van der Waals surface area contributed by atoms with Gasteiger partial charge in [0, 0.05) is 6.20 Å². The molecule has 0 radical (unpaired) electrons. The van der Waals surface area contributed by atoms with E-state index in [1.807, 2.05) is 0 Å². The van der Waals surface area contributed by atoms with Gasteiger partial charge in [-0.05, 0) is 12.0 Å². The molecule has 1 aromatic rings. The molecule has 0 fully saturated rings. The molecule has 3 N–H and O–H groups in total. The van der Waals surface area contributed by atoms with Gasteiger partial charge < -0.3 is 15.7 Å². The monoisotopic (exact) mass is 238 g/mol. The van der Waals surface area contributed by atoms with E-state index in [9.17, 15) is 0 Å². The van der Waals surface area contributed by atoms with E-state index in [0.717, 1.165) is 12.8 Å². The lowest BCUT2D eigenvalue weighted by Gasteiger charge is -2.12. The predicted molar refractivity (Wildman–Crippen MR) is 64.1 cm³/mol. The van der Waals surface area contributed by atoms with Crippen LogP contribution >= 0.6 is 0 Å². The Morgan fingerprint density at radius 2 is 2.24 bits per heavy atom. The first-order valence-electron chi connectivity index (χ1n) is 5.65. The van der Waals surface area contributed by atoms with Crippen molar-refractivity contribution in [3.8, 4) is 6.01 Å². The number of oxime groups is 1. The number of amidine groups is 1. The summed E-state index contributed by atoms with van der Waals surface area (Å²) in [7, 11) is 0. The fourth-order valence-electron chi connectivity index (χ4n) is 1.32. The van der Waals surface area contributed by atoms with Crippen LogP contribution in [-0.4, -0.2) is 27.6 Å². The van der Waals surface area contributed by atoms with Crippen molar-refractivity contribution in [3.63, 3.8) is 0 Å². The van der Waals surface area contributed by atoms with Gasteiger partial charge in [0.1, 0.15) is 5.69 Å². The van der Waals surface area contributed by atoms with Crippen LogP contribution in [0.15, 0.2) is 17.4 Å². The fourth-order valence-corrected chi connectivity index (χ4v) is 1.32. The molecule has 1 aromatic heterocycles. The van der Waals surface area contributed by atoms with E-state index in [1.54, 1.807) is 6.07 Å². The molecule has 0 bridgehead atoms. The summed E-state index contributed by atoms with van der Waals surface area (Å²) in [5.41, 5.74) is 5.77. The van der Waals surface area contributed by atoms with E-state index in [2.05, 4.69) is 29.0 Å². The summed E-state index contributed by atoms with van der Waals surface area (Å²) >= 11 is 0. The van der Waals surface area contributed by atoms with Crippen LogP contribution in [0.25, 0.3) is 0 Å². The topological polar surface area (TPSA) is 93.6 Å². The second-order valence-corrected chi connectivity index (χ2v) is 3.70. The Bertz CT molecular complexity index is 377. The summed E-state index contributed by atoms with van der Waals surface area (Å²) < 4.78 is 5.47. The molecule has 0 aliphatic heterocycles. The molecule has 0 saturated carbocycles. The quantitative estimate of drug-likeness (QED) is 0.338. The van der Waals surface area contributed by atoms with Crippen molar-refractivity contribution < 1.29 is 9.94 Å². The number of nitrogens with zero attached hydrogens (tertiary/aromatic N) is 3. The number of hydrogen-bond donors (Lipinski definition) is 2. The van der Waals surface area contributed by atoms with E-state index in [0.29, 0.717) is 18.2 Å². The molecule has 0 saturated heterocycles. The maximum atomic E-state index is 8.54. The van der Waals surface area contributed by atoms with E-state index in [4.69, 9.17) is 15.7 Å². The van der Waals surface area contributed by atoms with E-state index >= 15 is 0 Å². The molecular formula is C11H18N4O2. The Morgan fingerprint density at radius 3 is 2.82 bits per heavy atom. The molecule has 6 nitrogen and oxygen atoms in total. The summed E-state index contributed by atoms with van der Waals surface area (Å²) in [6.07, 6.45) is 3.62. The lowest BCUT2D eigenvalue weighted by molar-refractivity contribution is 0.224. The zero-order valence-electron chi connectivity index (χ0n) is 10.1. The summed E-state index contributed by atoms with van der Waals surface area (Å²) in [4.78, 5) is 8.01. The average molecular weight is 238 g/mol. The minimum Gasteiger partial charge on any atom is -0.463 e. The standard InChI is InChI=1S/C11H18N4O2/c1-3-8(4-2)7-17-11-13-6-5-9(14-11)10(12)15-16/h5-6,8,16H,3-4,7H2,1-2H3,(H2,12,15). The van der Waals surface area contributed by atoms with Gasteiger partial charge in [0.15, 0.2) is 5.84 Å². The van der Waals surface area contributed by atoms with Gasteiger partial charge in [-0.1, -0.05) is 31.8 Å². The highest BCUT2D eigenvalue weighted by Crippen LogP contribution is 2.10. The average Bonchev–Trinajstić information content (AvgIpc) is 2.39. The summed E-state index contributed by atoms with van der Waals surface area (Å²) in [6.45, 7) is 4.81. The third-order valence-electron chi connectivity index (χ3n) is 2.61. The summed E-state index contributed by atoms with van der Waals surface area (Å²) in [5, 5.41) is 11.4. The van der Waals surface area contributed by atoms with Crippen LogP contribution in [0, 0.1) is 5.92 Å². The first kappa shape index (κ1) is 13.2. The Kier molecular flexibility index (Phi) is 5.19. The molecule has 0 aromatic carbocycles. The highest BCUT2D eigenvalue weighted by molar-refractivity contribution is 5.95. The Labute approximate surface area is 101 Å². The van der Waals surface area contributed by atoms with Crippen molar-refractivity contribution in [2.75, 3.05) is 6.61 Å². The first-order valence-corrected chi connectivity index (χ1v) is 5.65. The third-order valence-corrected chi connectivity index (χ3v) is 2.61. The van der Waals surface area contributed by atoms with Crippen molar-refractivity contribution in [1.82, 2.24) is 9.97 Å². The van der Waals surface area contributed by atoms with Crippen LogP contribution in [0.4, 0.5) is 0 Å². The summed E-state index contributed by atoms with van der Waals surface area (Å²) in [6, 6.07) is 1.81. The SMILES string of the molecule is CCC(CC)COc1nccc(/C(N)=N/O)n1. The van der Waals surface area contributed by atoms with Crippen molar-refractivity contribution in [2.45, 2.75) is 26.7 Å². The van der Waals surface area contributed by atoms with E-state index in [1.165, 1.54) is 6.20 Å². The van der Waals surface area contributed by atoms with Crippen LogP contribution in [-0.2, 0) is 0 Å². The van der Waals surface area contributed by atoms with Gasteiger partial charge in [-0.15, -0.1) is 0 Å². The van der Waals surface area contributed by atoms with Crippen LogP contribution in [0.3, 0.4) is 0 Å². The number of hydrogen-bond acceptors (Lipinski definition) is 5. The van der Waals surface area contributed by atoms with Gasteiger partial charge in [-0.2, -0.15) is 4.98 Å². The molecule has 6 heteroatoms. The van der Waals surface area contributed by atoms with Gasteiger partial charge >= 0.3 is 6.01 Å². The molecule has 1 heterocycles. The number of ether oxygens (including phenoxy) is 1. The normalized spacial score (nSPS) is 11.8. The molecule has 94 valence electrons. The smallest absolute Gasteiger partial charge is 0.317 e. The highest BCUT2D eigenvalue weighted by atomic mass is 16.5. The fraction of sp³-hybridized carbons (Fsp3) is 0.545. The molecule has 0 spiro atoms. The minimum absolute atomic E-state index is 0.0558. The zero-order valence-corrected chi connectivity index (χ0v) is 10.1. The van der Waals surface area contributed by atoms with Crippen molar-refractivity contribution >= 4 is 5.84 Å². The van der Waals surface area contributed by atoms with E-state index in [-0.39, 0.29) is 11.8 Å². The van der Waals surface area contributed by atoms with Crippen molar-refractivity contribution in [3.05, 3.63) is 18.0 Å². The lowest BCUT2D eigenvalue weighted by Crippen LogP contribution is -2.17. The maximum Gasteiger partial charge on any atom is 0.317 e. The van der Waals surface area contributed by atoms with Gasteiger partial charge in [0.05, 0.1) is 6.61 Å². The first-order chi connectivity index (χ1) is 8.21. The number of nitrogens with two attached hydrogens (primary N) is 1. The minimum atomic E-state index is -0.0558. The molecule has 0 aliphatic rings.